The van der Waals surface area contributed by atoms with Gasteiger partial charge in [-0.25, -0.2) is 13.1 Å². The molecule has 1 N–H and O–H groups in total. The third kappa shape index (κ3) is 5.00. The van der Waals surface area contributed by atoms with Crippen molar-refractivity contribution >= 4 is 10.0 Å². The van der Waals surface area contributed by atoms with Crippen LogP contribution in [0.1, 0.15) is 43.9 Å². The number of unbranched alkanes of at least 4 members (excludes halogenated alkanes) is 3. The van der Waals surface area contributed by atoms with Crippen molar-refractivity contribution in [3.05, 3.63) is 54.0 Å². The predicted octanol–water partition coefficient (Wildman–Crippen LogP) is 3.88. The van der Waals surface area contributed by atoms with E-state index < -0.39 is 10.0 Å². The molecule has 0 amide bonds. The number of benzene rings is 1. The van der Waals surface area contributed by atoms with Crippen LogP contribution in [-0.4, -0.2) is 8.42 Å². The van der Waals surface area contributed by atoms with Crippen molar-refractivity contribution < 1.29 is 12.8 Å². The third-order valence-corrected chi connectivity index (χ3v) is 4.99. The Morgan fingerprint density at radius 2 is 1.82 bits per heavy atom. The largest absolute Gasteiger partial charge is 0.468 e. The number of sulfonamides is 1. The highest BCUT2D eigenvalue weighted by atomic mass is 32.2. The number of hydrogen-bond acceptors (Lipinski definition) is 3. The number of aryl methyl sites for hydroxylation is 1. The molecule has 1 heterocycles. The average Bonchev–Trinajstić information content (AvgIpc) is 3.04. The molecule has 0 radical (unpaired) electrons. The van der Waals surface area contributed by atoms with Crippen LogP contribution in [0.3, 0.4) is 0 Å². The van der Waals surface area contributed by atoms with Crippen LogP contribution in [0.2, 0.25) is 0 Å². The Balaban J connectivity index is 1.90. The van der Waals surface area contributed by atoms with Gasteiger partial charge in [-0.15, -0.1) is 0 Å². The lowest BCUT2D eigenvalue weighted by molar-refractivity contribution is 0.498. The van der Waals surface area contributed by atoms with Crippen LogP contribution in [0.15, 0.2) is 52.0 Å². The summed E-state index contributed by atoms with van der Waals surface area (Å²) >= 11 is 0. The van der Waals surface area contributed by atoms with Crippen molar-refractivity contribution in [3.63, 3.8) is 0 Å². The fourth-order valence-corrected chi connectivity index (χ4v) is 3.25. The second-order valence-electron chi connectivity index (χ2n) is 5.36. The van der Waals surface area contributed by atoms with Crippen LogP contribution in [0, 0.1) is 0 Å². The zero-order chi connectivity index (χ0) is 15.8. The molecule has 0 spiro atoms. The number of hydrogen-bond donors (Lipinski definition) is 1. The van der Waals surface area contributed by atoms with Gasteiger partial charge in [0.1, 0.15) is 5.76 Å². The molecule has 0 atom stereocenters. The van der Waals surface area contributed by atoms with E-state index in [1.807, 2.05) is 12.1 Å². The number of rotatable bonds is 9. The fraction of sp³-hybridized carbons (Fsp3) is 0.412. The first-order chi connectivity index (χ1) is 10.6. The van der Waals surface area contributed by atoms with Gasteiger partial charge in [0, 0.05) is 0 Å². The van der Waals surface area contributed by atoms with Crippen LogP contribution in [-0.2, 0) is 23.0 Å². The van der Waals surface area contributed by atoms with Crippen LogP contribution in [0.4, 0.5) is 0 Å². The van der Waals surface area contributed by atoms with Gasteiger partial charge < -0.3 is 4.42 Å². The molecule has 1 aromatic heterocycles. The molecule has 1 aromatic carbocycles. The molecule has 0 bridgehead atoms. The molecule has 0 unspecified atom stereocenters. The first-order valence-corrected chi connectivity index (χ1v) is 9.21. The van der Waals surface area contributed by atoms with E-state index in [2.05, 4.69) is 11.6 Å². The van der Waals surface area contributed by atoms with E-state index in [0.717, 1.165) is 12.8 Å². The SMILES string of the molecule is CCCCCCc1ccc(S(=O)(=O)NCc2ccco2)cc1. The standard InChI is InChI=1S/C17H23NO3S/c1-2-3-4-5-7-15-9-11-17(12-10-15)22(19,20)18-14-16-8-6-13-21-16/h6,8-13,18H,2-5,7,14H2,1H3. The predicted molar refractivity (Wildman–Crippen MR) is 87.0 cm³/mol. The van der Waals surface area contributed by atoms with E-state index in [1.54, 1.807) is 24.3 Å². The smallest absolute Gasteiger partial charge is 0.240 e. The van der Waals surface area contributed by atoms with Gasteiger partial charge in [0.25, 0.3) is 0 Å². The van der Waals surface area contributed by atoms with Gasteiger partial charge in [-0.05, 0) is 42.7 Å². The Hall–Kier alpha value is -1.59. The van der Waals surface area contributed by atoms with Crippen LogP contribution < -0.4 is 4.72 Å². The Labute approximate surface area is 132 Å². The molecule has 0 fully saturated rings. The Morgan fingerprint density at radius 3 is 2.45 bits per heavy atom. The lowest BCUT2D eigenvalue weighted by atomic mass is 10.1. The van der Waals surface area contributed by atoms with E-state index in [-0.39, 0.29) is 11.4 Å². The molecule has 0 aliphatic carbocycles. The monoisotopic (exact) mass is 321 g/mol. The summed E-state index contributed by atoms with van der Waals surface area (Å²) in [6.45, 7) is 2.35. The maximum absolute atomic E-state index is 12.2. The zero-order valence-corrected chi connectivity index (χ0v) is 13.7. The molecule has 0 saturated heterocycles. The molecule has 4 nitrogen and oxygen atoms in total. The highest BCUT2D eigenvalue weighted by Crippen LogP contribution is 2.14. The lowest BCUT2D eigenvalue weighted by Gasteiger charge is -2.07. The normalized spacial score (nSPS) is 11.7. The van der Waals surface area contributed by atoms with Crippen molar-refractivity contribution in [2.45, 2.75) is 50.5 Å². The van der Waals surface area contributed by atoms with Crippen LogP contribution in [0.5, 0.6) is 0 Å². The van der Waals surface area contributed by atoms with E-state index in [9.17, 15) is 8.42 Å². The summed E-state index contributed by atoms with van der Waals surface area (Å²) in [6.07, 6.45) is 7.37. The van der Waals surface area contributed by atoms with Crippen molar-refractivity contribution in [2.75, 3.05) is 0 Å². The summed E-state index contributed by atoms with van der Waals surface area (Å²) in [5.41, 5.74) is 1.18. The second-order valence-corrected chi connectivity index (χ2v) is 7.13. The number of nitrogens with one attached hydrogen (secondary N) is 1. The lowest BCUT2D eigenvalue weighted by Crippen LogP contribution is -2.22. The van der Waals surface area contributed by atoms with Crippen molar-refractivity contribution in [1.82, 2.24) is 4.72 Å². The third-order valence-electron chi connectivity index (χ3n) is 3.57. The quantitative estimate of drug-likeness (QED) is 0.713. The summed E-state index contributed by atoms with van der Waals surface area (Å²) < 4.78 is 32.0. The minimum atomic E-state index is -3.49. The molecule has 0 saturated carbocycles. The summed E-state index contributed by atoms with van der Waals surface area (Å²) in [6, 6.07) is 10.6. The first-order valence-electron chi connectivity index (χ1n) is 7.73. The fourth-order valence-electron chi connectivity index (χ4n) is 2.25. The van der Waals surface area contributed by atoms with Crippen LogP contribution in [0.25, 0.3) is 0 Å². The van der Waals surface area contributed by atoms with Gasteiger partial charge in [-0.1, -0.05) is 38.3 Å². The minimum Gasteiger partial charge on any atom is -0.468 e. The summed E-state index contributed by atoms with van der Waals surface area (Å²) in [5.74, 6) is 0.594. The van der Waals surface area contributed by atoms with Gasteiger partial charge >= 0.3 is 0 Å². The van der Waals surface area contributed by atoms with Gasteiger partial charge in [-0.2, -0.15) is 0 Å². The first kappa shape index (κ1) is 16.8. The van der Waals surface area contributed by atoms with Gasteiger partial charge in [0.05, 0.1) is 17.7 Å². The summed E-state index contributed by atoms with van der Waals surface area (Å²) in [5, 5.41) is 0. The average molecular weight is 321 g/mol. The second kappa shape index (κ2) is 8.15. The molecule has 120 valence electrons. The maximum Gasteiger partial charge on any atom is 0.240 e. The summed E-state index contributed by atoms with van der Waals surface area (Å²) in [4.78, 5) is 0.288. The molecule has 0 aliphatic rings. The molecule has 22 heavy (non-hydrogen) atoms. The van der Waals surface area contributed by atoms with E-state index >= 15 is 0 Å². The Bertz CT molecular complexity index is 646. The topological polar surface area (TPSA) is 59.3 Å². The molecule has 0 aliphatic heterocycles. The maximum atomic E-state index is 12.2. The highest BCUT2D eigenvalue weighted by Gasteiger charge is 2.14. The molecule has 5 heteroatoms. The van der Waals surface area contributed by atoms with E-state index in [4.69, 9.17) is 4.42 Å². The molecule has 2 rings (SSSR count). The molecule has 2 aromatic rings. The summed E-state index contributed by atoms with van der Waals surface area (Å²) in [7, 11) is -3.49. The molecular formula is C17H23NO3S. The van der Waals surface area contributed by atoms with Crippen molar-refractivity contribution in [3.8, 4) is 0 Å². The van der Waals surface area contributed by atoms with E-state index in [0.29, 0.717) is 5.76 Å². The highest BCUT2D eigenvalue weighted by molar-refractivity contribution is 7.89. The van der Waals surface area contributed by atoms with Gasteiger partial charge in [0.2, 0.25) is 10.0 Å². The Morgan fingerprint density at radius 1 is 1.05 bits per heavy atom. The van der Waals surface area contributed by atoms with Crippen LogP contribution >= 0.6 is 0 Å². The van der Waals surface area contributed by atoms with Gasteiger partial charge in [-0.3, -0.25) is 0 Å². The minimum absolute atomic E-state index is 0.161. The van der Waals surface area contributed by atoms with Gasteiger partial charge in [0.15, 0.2) is 0 Å². The van der Waals surface area contributed by atoms with E-state index in [1.165, 1.54) is 31.1 Å². The zero-order valence-electron chi connectivity index (χ0n) is 12.9. The van der Waals surface area contributed by atoms with Crippen molar-refractivity contribution in [1.29, 1.82) is 0 Å². The van der Waals surface area contributed by atoms with Crippen molar-refractivity contribution in [2.24, 2.45) is 0 Å². The Kier molecular flexibility index (Phi) is 6.21. The molecular weight excluding hydrogens is 298 g/mol. The number of furan rings is 1.